The number of anilines is 1. The number of hydrogen-bond donors (Lipinski definition) is 1. The predicted octanol–water partition coefficient (Wildman–Crippen LogP) is 4.93. The maximum Gasteiger partial charge on any atom is 0.259 e. The highest BCUT2D eigenvalue weighted by molar-refractivity contribution is 6.30. The minimum Gasteiger partial charge on any atom is -0.352 e. The second-order valence-corrected chi connectivity index (χ2v) is 9.83. The van der Waals surface area contributed by atoms with Crippen molar-refractivity contribution < 1.29 is 14.4 Å². The van der Waals surface area contributed by atoms with Crippen molar-refractivity contribution in [2.45, 2.75) is 51.2 Å². The molecule has 35 heavy (non-hydrogen) atoms. The quantitative estimate of drug-likeness (QED) is 0.511. The lowest BCUT2D eigenvalue weighted by atomic mass is 10.1. The fourth-order valence-electron chi connectivity index (χ4n) is 5.17. The summed E-state index contributed by atoms with van der Waals surface area (Å²) in [4.78, 5) is 43.1. The molecule has 5 rings (SSSR count). The van der Waals surface area contributed by atoms with Crippen molar-refractivity contribution in [2.75, 3.05) is 11.4 Å². The first kappa shape index (κ1) is 23.4. The third-order valence-electron chi connectivity index (χ3n) is 7.05. The van der Waals surface area contributed by atoms with E-state index >= 15 is 0 Å². The van der Waals surface area contributed by atoms with E-state index in [2.05, 4.69) is 5.32 Å². The molecule has 1 aliphatic heterocycles. The molecule has 0 saturated heterocycles. The summed E-state index contributed by atoms with van der Waals surface area (Å²) >= 11 is 6.18. The van der Waals surface area contributed by atoms with E-state index in [0.717, 1.165) is 47.7 Å². The highest BCUT2D eigenvalue weighted by Crippen LogP contribution is 2.37. The third kappa shape index (κ3) is 4.63. The molecule has 2 aliphatic rings. The van der Waals surface area contributed by atoms with Crippen LogP contribution in [0.4, 0.5) is 5.69 Å². The van der Waals surface area contributed by atoms with Crippen LogP contribution in [0.1, 0.15) is 48.5 Å². The zero-order valence-electron chi connectivity index (χ0n) is 19.7. The molecule has 1 atom stereocenters. The molecule has 0 spiro atoms. The molecule has 3 amide bonds. The molecule has 6 nitrogen and oxygen atoms in total. The average Bonchev–Trinajstić information content (AvgIpc) is 3.46. The number of halogens is 1. The maximum absolute atomic E-state index is 13.7. The van der Waals surface area contributed by atoms with E-state index in [1.54, 1.807) is 30.0 Å². The summed E-state index contributed by atoms with van der Waals surface area (Å²) in [5.41, 5.74) is 2.14. The lowest BCUT2D eigenvalue weighted by Crippen LogP contribution is -2.52. The Morgan fingerprint density at radius 1 is 1.09 bits per heavy atom. The number of benzene rings is 3. The molecule has 1 saturated carbocycles. The first-order chi connectivity index (χ1) is 16.9. The van der Waals surface area contributed by atoms with Gasteiger partial charge in [-0.3, -0.25) is 19.3 Å². The summed E-state index contributed by atoms with van der Waals surface area (Å²) in [6.45, 7) is 1.82. The van der Waals surface area contributed by atoms with Crippen LogP contribution in [0.2, 0.25) is 5.02 Å². The molecule has 7 heteroatoms. The van der Waals surface area contributed by atoms with Gasteiger partial charge in [0.25, 0.3) is 5.91 Å². The smallest absolute Gasteiger partial charge is 0.259 e. The van der Waals surface area contributed by atoms with Crippen LogP contribution < -0.4 is 10.2 Å². The van der Waals surface area contributed by atoms with Crippen LogP contribution in [-0.4, -0.2) is 41.2 Å². The molecular weight excluding hydrogens is 462 g/mol. The van der Waals surface area contributed by atoms with Gasteiger partial charge < -0.3 is 10.2 Å². The molecule has 1 N–H and O–H groups in total. The number of carbonyl (C=O) groups is 3. The van der Waals surface area contributed by atoms with Crippen LogP contribution in [0, 0.1) is 0 Å². The molecule has 1 fully saturated rings. The van der Waals surface area contributed by atoms with Crippen molar-refractivity contribution in [1.29, 1.82) is 0 Å². The monoisotopic (exact) mass is 489 g/mol. The van der Waals surface area contributed by atoms with E-state index < -0.39 is 6.04 Å². The number of amides is 3. The molecule has 1 aliphatic carbocycles. The van der Waals surface area contributed by atoms with Gasteiger partial charge >= 0.3 is 0 Å². The summed E-state index contributed by atoms with van der Waals surface area (Å²) in [5, 5.41) is 5.49. The summed E-state index contributed by atoms with van der Waals surface area (Å²) < 4.78 is 0. The van der Waals surface area contributed by atoms with Crippen molar-refractivity contribution in [2.24, 2.45) is 0 Å². The van der Waals surface area contributed by atoms with Crippen molar-refractivity contribution in [3.8, 4) is 0 Å². The van der Waals surface area contributed by atoms with E-state index in [9.17, 15) is 14.4 Å². The Kier molecular flexibility index (Phi) is 6.48. The highest BCUT2D eigenvalue weighted by Gasteiger charge is 2.34. The predicted molar refractivity (Wildman–Crippen MR) is 137 cm³/mol. The lowest BCUT2D eigenvalue weighted by molar-refractivity contribution is -0.139. The van der Waals surface area contributed by atoms with Gasteiger partial charge in [-0.1, -0.05) is 60.8 Å². The Morgan fingerprint density at radius 3 is 2.54 bits per heavy atom. The standard InChI is InChI=1S/C28H28ClN3O3/c1-18(27(34)30-22-11-2-3-12-22)31(16-19-7-4-10-21(29)15-19)25(33)17-32-24-14-6-9-20-8-5-13-23(26(20)24)28(32)35/h4-10,13-15,18,22H,2-3,11-12,16-17H2,1H3,(H,30,34)/t18-/m1/s1. The molecule has 0 unspecified atom stereocenters. The first-order valence-electron chi connectivity index (χ1n) is 12.1. The number of nitrogens with one attached hydrogen (secondary N) is 1. The van der Waals surface area contributed by atoms with Crippen molar-refractivity contribution in [3.05, 3.63) is 76.8 Å². The third-order valence-corrected chi connectivity index (χ3v) is 7.29. The largest absolute Gasteiger partial charge is 0.352 e. The molecule has 0 aromatic heterocycles. The summed E-state index contributed by atoms with van der Waals surface area (Å²) in [6.07, 6.45) is 4.14. The van der Waals surface area contributed by atoms with Crippen LogP contribution in [0.5, 0.6) is 0 Å². The molecule has 0 radical (unpaired) electrons. The SMILES string of the molecule is C[C@H](C(=O)NC1CCCC1)N(Cc1cccc(Cl)c1)C(=O)CN1C(=O)c2cccc3cccc1c23. The molecular formula is C28H28ClN3O3. The van der Waals surface area contributed by atoms with Crippen molar-refractivity contribution in [3.63, 3.8) is 0 Å². The topological polar surface area (TPSA) is 69.7 Å². The van der Waals surface area contributed by atoms with Gasteiger partial charge in [-0.25, -0.2) is 0 Å². The molecule has 0 bridgehead atoms. The van der Waals surface area contributed by atoms with Crippen LogP contribution in [-0.2, 0) is 16.1 Å². The van der Waals surface area contributed by atoms with E-state index in [1.165, 1.54) is 4.90 Å². The van der Waals surface area contributed by atoms with Crippen molar-refractivity contribution >= 4 is 45.8 Å². The number of carbonyl (C=O) groups excluding carboxylic acids is 3. The Hall–Kier alpha value is -3.38. The van der Waals surface area contributed by atoms with Gasteiger partial charge in [-0.2, -0.15) is 0 Å². The second kappa shape index (κ2) is 9.70. The Balaban J connectivity index is 1.41. The number of hydrogen-bond acceptors (Lipinski definition) is 3. The van der Waals surface area contributed by atoms with Gasteiger partial charge in [0.2, 0.25) is 11.8 Å². The van der Waals surface area contributed by atoms with Gasteiger partial charge in [-0.05, 0) is 55.0 Å². The van der Waals surface area contributed by atoms with Crippen molar-refractivity contribution in [1.82, 2.24) is 10.2 Å². The van der Waals surface area contributed by atoms with Crippen LogP contribution in [0.3, 0.4) is 0 Å². The fourth-order valence-corrected chi connectivity index (χ4v) is 5.38. The first-order valence-corrected chi connectivity index (χ1v) is 12.5. The van der Waals surface area contributed by atoms with E-state index in [4.69, 9.17) is 11.6 Å². The van der Waals surface area contributed by atoms with Gasteiger partial charge in [0.1, 0.15) is 12.6 Å². The maximum atomic E-state index is 13.7. The molecule has 1 heterocycles. The molecule has 3 aromatic carbocycles. The van der Waals surface area contributed by atoms with E-state index in [-0.39, 0.29) is 36.9 Å². The summed E-state index contributed by atoms with van der Waals surface area (Å²) in [6, 6.07) is 18.0. The lowest BCUT2D eigenvalue weighted by Gasteiger charge is -2.31. The Morgan fingerprint density at radius 2 is 1.80 bits per heavy atom. The van der Waals surface area contributed by atoms with Gasteiger partial charge in [0, 0.05) is 28.6 Å². The van der Waals surface area contributed by atoms with E-state index in [1.807, 2.05) is 42.5 Å². The normalized spacial score (nSPS) is 16.1. The van der Waals surface area contributed by atoms with Gasteiger partial charge in [0.05, 0.1) is 5.69 Å². The summed E-state index contributed by atoms with van der Waals surface area (Å²) in [7, 11) is 0. The van der Waals surface area contributed by atoms with Crippen LogP contribution >= 0.6 is 11.6 Å². The van der Waals surface area contributed by atoms with Gasteiger partial charge in [0.15, 0.2) is 0 Å². The van der Waals surface area contributed by atoms with Crippen LogP contribution in [0.15, 0.2) is 60.7 Å². The number of rotatable bonds is 7. The fraction of sp³-hybridized carbons (Fsp3) is 0.321. The molecule has 3 aromatic rings. The minimum absolute atomic E-state index is 0.145. The summed E-state index contributed by atoms with van der Waals surface area (Å²) in [5.74, 6) is -0.668. The zero-order valence-corrected chi connectivity index (χ0v) is 20.4. The highest BCUT2D eigenvalue weighted by atomic mass is 35.5. The second-order valence-electron chi connectivity index (χ2n) is 9.39. The Labute approximate surface area is 209 Å². The molecule has 180 valence electrons. The minimum atomic E-state index is -0.696. The van der Waals surface area contributed by atoms with Gasteiger partial charge in [-0.15, -0.1) is 0 Å². The Bertz CT molecular complexity index is 1300. The zero-order chi connectivity index (χ0) is 24.5. The van der Waals surface area contributed by atoms with Crippen LogP contribution in [0.25, 0.3) is 10.8 Å². The van der Waals surface area contributed by atoms with E-state index in [0.29, 0.717) is 10.6 Å². The average molecular weight is 490 g/mol. The number of nitrogens with zero attached hydrogens (tertiary/aromatic N) is 2.